The minimum Gasteiger partial charge on any atom is -0.450 e. The summed E-state index contributed by atoms with van der Waals surface area (Å²) in [6.45, 7) is 5.96. The van der Waals surface area contributed by atoms with Crippen molar-refractivity contribution in [2.24, 2.45) is 0 Å². The van der Waals surface area contributed by atoms with Crippen LogP contribution in [-0.4, -0.2) is 64.4 Å². The molecule has 0 spiro atoms. The maximum absolute atomic E-state index is 13.5. The number of rotatable bonds is 4. The Bertz CT molecular complexity index is 1070. The van der Waals surface area contributed by atoms with Crippen LogP contribution in [0.15, 0.2) is 60.7 Å². The number of carbonyl (C=O) groups is 2. The van der Waals surface area contributed by atoms with Crippen molar-refractivity contribution in [1.29, 1.82) is 0 Å². The minimum absolute atomic E-state index is 0.0975. The molecule has 0 N–H and O–H groups in total. The van der Waals surface area contributed by atoms with E-state index < -0.39 is 0 Å². The number of aromatic nitrogens is 2. The topological polar surface area (TPSA) is 67.7 Å². The van der Waals surface area contributed by atoms with E-state index in [4.69, 9.17) is 9.84 Å². The number of amides is 2. The summed E-state index contributed by atoms with van der Waals surface area (Å²) in [4.78, 5) is 28.8. The first-order valence-electron chi connectivity index (χ1n) is 10.5. The second-order valence-electron chi connectivity index (χ2n) is 7.51. The van der Waals surface area contributed by atoms with Gasteiger partial charge < -0.3 is 14.5 Å². The number of hydrogen-bond donors (Lipinski definition) is 0. The lowest BCUT2D eigenvalue weighted by molar-refractivity contribution is 0.0563. The molecule has 0 unspecified atom stereocenters. The molecular formula is C24H26N4O3. The zero-order chi connectivity index (χ0) is 21.8. The number of hydrogen-bond acceptors (Lipinski definition) is 4. The number of piperazine rings is 1. The number of ether oxygens (including phenoxy) is 1. The van der Waals surface area contributed by atoms with E-state index >= 15 is 0 Å². The monoisotopic (exact) mass is 418 g/mol. The summed E-state index contributed by atoms with van der Waals surface area (Å²) < 4.78 is 6.79. The van der Waals surface area contributed by atoms with Gasteiger partial charge in [0.25, 0.3) is 5.91 Å². The summed E-state index contributed by atoms with van der Waals surface area (Å²) in [5.41, 5.74) is 4.14. The van der Waals surface area contributed by atoms with Crippen LogP contribution in [-0.2, 0) is 4.74 Å². The molecule has 0 bridgehead atoms. The van der Waals surface area contributed by atoms with Crippen molar-refractivity contribution < 1.29 is 14.3 Å². The maximum Gasteiger partial charge on any atom is 0.409 e. The third-order valence-electron chi connectivity index (χ3n) is 5.34. The molecule has 1 aliphatic rings. The Labute approximate surface area is 181 Å². The molecule has 0 atom stereocenters. The lowest BCUT2D eigenvalue weighted by Crippen LogP contribution is -2.51. The van der Waals surface area contributed by atoms with Crippen molar-refractivity contribution >= 4 is 12.0 Å². The van der Waals surface area contributed by atoms with E-state index in [0.29, 0.717) is 38.5 Å². The van der Waals surface area contributed by atoms with Crippen LogP contribution in [0.4, 0.5) is 4.79 Å². The highest BCUT2D eigenvalue weighted by Crippen LogP contribution is 2.23. The van der Waals surface area contributed by atoms with Crippen molar-refractivity contribution in [3.8, 4) is 16.9 Å². The van der Waals surface area contributed by atoms with Gasteiger partial charge in [0.15, 0.2) is 0 Å². The molecule has 2 amide bonds. The second kappa shape index (κ2) is 9.04. The Kier molecular flexibility index (Phi) is 6.02. The van der Waals surface area contributed by atoms with Crippen molar-refractivity contribution in [2.75, 3.05) is 32.8 Å². The van der Waals surface area contributed by atoms with Gasteiger partial charge in [0.05, 0.1) is 18.0 Å². The third kappa shape index (κ3) is 4.45. The summed E-state index contributed by atoms with van der Waals surface area (Å²) in [6, 6.07) is 19.6. The average Bonchev–Trinajstić information content (AvgIpc) is 3.25. The molecule has 160 valence electrons. The highest BCUT2D eigenvalue weighted by Gasteiger charge is 2.28. The highest BCUT2D eigenvalue weighted by atomic mass is 16.6. The summed E-state index contributed by atoms with van der Waals surface area (Å²) in [5, 5.41) is 4.76. The molecule has 7 heteroatoms. The van der Waals surface area contributed by atoms with Gasteiger partial charge in [-0.15, -0.1) is 0 Å². The lowest BCUT2D eigenvalue weighted by Gasteiger charge is -2.34. The van der Waals surface area contributed by atoms with Gasteiger partial charge in [-0.25, -0.2) is 9.48 Å². The maximum atomic E-state index is 13.5. The SMILES string of the molecule is CCOC(=O)N1CCN(C(=O)c2cc(-c3ccccc3)nn2-c2cccc(C)c2)CC1. The average molecular weight is 418 g/mol. The number of nitrogens with zero attached hydrogens (tertiary/aromatic N) is 4. The molecule has 1 aromatic heterocycles. The molecule has 7 nitrogen and oxygen atoms in total. The van der Waals surface area contributed by atoms with Crippen LogP contribution in [0.2, 0.25) is 0 Å². The van der Waals surface area contributed by atoms with Crippen LogP contribution in [0.1, 0.15) is 23.0 Å². The van der Waals surface area contributed by atoms with Crippen LogP contribution < -0.4 is 0 Å². The van der Waals surface area contributed by atoms with Crippen LogP contribution in [0.5, 0.6) is 0 Å². The van der Waals surface area contributed by atoms with Gasteiger partial charge in [-0.3, -0.25) is 4.79 Å². The van der Waals surface area contributed by atoms with E-state index in [1.807, 2.05) is 67.6 Å². The molecule has 4 rings (SSSR count). The first-order chi connectivity index (χ1) is 15.1. The standard InChI is InChI=1S/C24H26N4O3/c1-3-31-24(30)27-14-12-26(13-15-27)23(29)22-17-21(19-9-5-4-6-10-19)25-28(22)20-11-7-8-18(2)16-20/h4-11,16-17H,3,12-15H2,1-2H3. The molecule has 0 aliphatic carbocycles. The zero-order valence-electron chi connectivity index (χ0n) is 17.8. The molecule has 3 aromatic rings. The van der Waals surface area contributed by atoms with E-state index in [1.54, 1.807) is 21.4 Å². The largest absolute Gasteiger partial charge is 0.450 e. The van der Waals surface area contributed by atoms with Crippen molar-refractivity contribution in [1.82, 2.24) is 19.6 Å². The van der Waals surface area contributed by atoms with E-state index in [2.05, 4.69) is 0 Å². The van der Waals surface area contributed by atoms with Gasteiger partial charge in [-0.05, 0) is 37.6 Å². The lowest BCUT2D eigenvalue weighted by atomic mass is 10.1. The van der Waals surface area contributed by atoms with Gasteiger partial charge >= 0.3 is 6.09 Å². The van der Waals surface area contributed by atoms with Crippen LogP contribution >= 0.6 is 0 Å². The molecule has 31 heavy (non-hydrogen) atoms. The van der Waals surface area contributed by atoms with Crippen LogP contribution in [0, 0.1) is 6.92 Å². The minimum atomic E-state index is -0.328. The van der Waals surface area contributed by atoms with Gasteiger partial charge in [0.2, 0.25) is 0 Å². The zero-order valence-corrected chi connectivity index (χ0v) is 17.8. The third-order valence-corrected chi connectivity index (χ3v) is 5.34. The normalized spacial score (nSPS) is 13.9. The van der Waals surface area contributed by atoms with Crippen molar-refractivity contribution in [3.63, 3.8) is 0 Å². The molecule has 2 aromatic carbocycles. The van der Waals surface area contributed by atoms with Crippen molar-refractivity contribution in [2.45, 2.75) is 13.8 Å². The van der Waals surface area contributed by atoms with Crippen LogP contribution in [0.3, 0.4) is 0 Å². The molecular weight excluding hydrogens is 392 g/mol. The van der Waals surface area contributed by atoms with Gasteiger partial charge in [0, 0.05) is 31.7 Å². The molecule has 0 saturated carbocycles. The van der Waals surface area contributed by atoms with E-state index in [-0.39, 0.29) is 12.0 Å². The Balaban J connectivity index is 1.63. The molecule has 2 heterocycles. The van der Waals surface area contributed by atoms with E-state index in [0.717, 1.165) is 22.5 Å². The fraction of sp³-hybridized carbons (Fsp3) is 0.292. The van der Waals surface area contributed by atoms with Gasteiger partial charge in [0.1, 0.15) is 5.69 Å². The Morgan fingerprint density at radius 2 is 1.65 bits per heavy atom. The summed E-state index contributed by atoms with van der Waals surface area (Å²) in [5.74, 6) is -0.0975. The molecule has 1 aliphatic heterocycles. The summed E-state index contributed by atoms with van der Waals surface area (Å²) in [6.07, 6.45) is -0.328. The Morgan fingerprint density at radius 1 is 0.935 bits per heavy atom. The molecule has 0 radical (unpaired) electrons. The predicted octanol–water partition coefficient (Wildman–Crippen LogP) is 3.76. The fourth-order valence-electron chi connectivity index (χ4n) is 3.71. The van der Waals surface area contributed by atoms with Gasteiger partial charge in [-0.2, -0.15) is 5.10 Å². The Hall–Kier alpha value is -3.61. The smallest absolute Gasteiger partial charge is 0.409 e. The van der Waals surface area contributed by atoms with Crippen molar-refractivity contribution in [3.05, 3.63) is 71.9 Å². The van der Waals surface area contributed by atoms with Gasteiger partial charge in [-0.1, -0.05) is 42.5 Å². The number of carbonyl (C=O) groups excluding carboxylic acids is 2. The van der Waals surface area contributed by atoms with E-state index in [9.17, 15) is 9.59 Å². The van der Waals surface area contributed by atoms with Crippen LogP contribution in [0.25, 0.3) is 16.9 Å². The quantitative estimate of drug-likeness (QED) is 0.647. The second-order valence-corrected chi connectivity index (χ2v) is 7.51. The summed E-state index contributed by atoms with van der Waals surface area (Å²) in [7, 11) is 0. The number of benzene rings is 2. The fourth-order valence-corrected chi connectivity index (χ4v) is 3.71. The molecule has 1 saturated heterocycles. The number of aryl methyl sites for hydroxylation is 1. The first-order valence-corrected chi connectivity index (χ1v) is 10.5. The predicted molar refractivity (Wildman–Crippen MR) is 118 cm³/mol. The highest BCUT2D eigenvalue weighted by molar-refractivity contribution is 5.94. The summed E-state index contributed by atoms with van der Waals surface area (Å²) >= 11 is 0. The molecule has 1 fully saturated rings. The first kappa shape index (κ1) is 20.7. The van der Waals surface area contributed by atoms with E-state index in [1.165, 1.54) is 0 Å². The Morgan fingerprint density at radius 3 is 2.32 bits per heavy atom.